The van der Waals surface area contributed by atoms with E-state index in [0.717, 1.165) is 42.5 Å². The van der Waals surface area contributed by atoms with Crippen LogP contribution < -0.4 is 10.0 Å². The molecule has 2 amide bonds. The summed E-state index contributed by atoms with van der Waals surface area (Å²) >= 11 is 1.30. The maximum Gasteiger partial charge on any atom is 0.256 e. The Kier molecular flexibility index (Phi) is 5.57. The first-order valence-electron chi connectivity index (χ1n) is 11.4. The third-order valence-electron chi connectivity index (χ3n) is 6.85. The maximum absolute atomic E-state index is 13.4. The monoisotopic (exact) mass is 488 g/mol. The van der Waals surface area contributed by atoms with Gasteiger partial charge in [-0.3, -0.25) is 9.59 Å². The smallest absolute Gasteiger partial charge is 0.256 e. The SMILES string of the molecule is CC(=O)Nc1nc(C)c(-c2cc3c(c(S(=O)(=O)NC4CCC4)c2)C(=O)N([C@@H](C)C2CC2)C3)s1. The van der Waals surface area contributed by atoms with Crippen LogP contribution in [0.15, 0.2) is 17.0 Å². The molecule has 1 aromatic carbocycles. The zero-order valence-corrected chi connectivity index (χ0v) is 20.6. The molecule has 5 rings (SSSR count). The number of nitrogens with one attached hydrogen (secondary N) is 2. The third-order valence-corrected chi connectivity index (χ3v) is 9.52. The van der Waals surface area contributed by atoms with Gasteiger partial charge in [-0.05, 0) is 68.7 Å². The summed E-state index contributed by atoms with van der Waals surface area (Å²) in [6.07, 6.45) is 4.84. The summed E-state index contributed by atoms with van der Waals surface area (Å²) in [6.45, 7) is 5.71. The molecule has 0 unspecified atom stereocenters. The minimum atomic E-state index is -3.87. The molecule has 3 aliphatic rings. The van der Waals surface area contributed by atoms with Gasteiger partial charge in [-0.25, -0.2) is 18.1 Å². The number of thiazole rings is 1. The zero-order valence-electron chi connectivity index (χ0n) is 19.0. The van der Waals surface area contributed by atoms with Crippen LogP contribution >= 0.6 is 11.3 Å². The number of fused-ring (bicyclic) bond motifs is 1. The van der Waals surface area contributed by atoms with Gasteiger partial charge in [-0.15, -0.1) is 0 Å². The van der Waals surface area contributed by atoms with E-state index in [1.807, 2.05) is 17.9 Å². The van der Waals surface area contributed by atoms with E-state index in [-0.39, 0.29) is 28.8 Å². The van der Waals surface area contributed by atoms with Crippen molar-refractivity contribution in [2.75, 3.05) is 5.32 Å². The van der Waals surface area contributed by atoms with Gasteiger partial charge in [0.05, 0.1) is 21.0 Å². The van der Waals surface area contributed by atoms with E-state index in [1.165, 1.54) is 18.3 Å². The minimum absolute atomic E-state index is 0.0475. The standard InChI is InChI=1S/C23H28N4O4S2/c1-12-21(32-23(24-12)25-14(3)28)16-9-17-11-27(13(2)15-7-8-15)22(29)20(17)19(10-16)33(30,31)26-18-5-4-6-18/h9-10,13,15,18,26H,4-8,11H2,1-3H3,(H,24,25,28)/t13-/m0/s1. The Hall–Kier alpha value is -2.30. The van der Waals surface area contributed by atoms with Crippen molar-refractivity contribution >= 4 is 38.3 Å². The lowest BCUT2D eigenvalue weighted by molar-refractivity contribution is -0.114. The van der Waals surface area contributed by atoms with Crippen LogP contribution in [0.3, 0.4) is 0 Å². The normalized spacial score (nSPS) is 19.4. The molecule has 2 N–H and O–H groups in total. The lowest BCUT2D eigenvalue weighted by Crippen LogP contribution is -2.40. The summed E-state index contributed by atoms with van der Waals surface area (Å²) in [7, 11) is -3.87. The van der Waals surface area contributed by atoms with E-state index in [4.69, 9.17) is 0 Å². The van der Waals surface area contributed by atoms with Gasteiger partial charge < -0.3 is 10.2 Å². The number of anilines is 1. The van der Waals surface area contributed by atoms with Crippen molar-refractivity contribution < 1.29 is 18.0 Å². The summed E-state index contributed by atoms with van der Waals surface area (Å²) in [4.78, 5) is 32.0. The van der Waals surface area contributed by atoms with E-state index in [0.29, 0.717) is 34.4 Å². The van der Waals surface area contributed by atoms with Crippen molar-refractivity contribution in [2.24, 2.45) is 5.92 Å². The number of amides is 2. The van der Waals surface area contributed by atoms with Crippen LogP contribution in [0.2, 0.25) is 0 Å². The lowest BCUT2D eigenvalue weighted by Gasteiger charge is -2.26. The largest absolute Gasteiger partial charge is 0.331 e. The Bertz CT molecular complexity index is 1250. The molecule has 10 heteroatoms. The van der Waals surface area contributed by atoms with Gasteiger partial charge in [-0.1, -0.05) is 17.8 Å². The highest BCUT2D eigenvalue weighted by molar-refractivity contribution is 7.89. The van der Waals surface area contributed by atoms with E-state index in [9.17, 15) is 18.0 Å². The molecule has 2 fully saturated rings. The van der Waals surface area contributed by atoms with Crippen molar-refractivity contribution in [3.63, 3.8) is 0 Å². The maximum atomic E-state index is 13.4. The van der Waals surface area contributed by atoms with Crippen molar-refractivity contribution in [2.45, 2.75) is 76.4 Å². The first kappa shape index (κ1) is 22.5. The number of nitrogens with zero attached hydrogens (tertiary/aromatic N) is 2. The summed E-state index contributed by atoms with van der Waals surface area (Å²) in [5.41, 5.74) is 2.42. The van der Waals surface area contributed by atoms with Crippen LogP contribution in [0.4, 0.5) is 5.13 Å². The Morgan fingerprint density at radius 1 is 1.24 bits per heavy atom. The van der Waals surface area contributed by atoms with E-state index in [1.54, 1.807) is 6.07 Å². The number of carbonyl (C=O) groups excluding carboxylic acids is 2. The molecule has 1 aromatic heterocycles. The average Bonchev–Trinajstić information content (AvgIpc) is 3.43. The number of carbonyl (C=O) groups is 2. The van der Waals surface area contributed by atoms with Crippen molar-refractivity contribution in [3.05, 3.63) is 29.0 Å². The molecule has 33 heavy (non-hydrogen) atoms. The molecule has 8 nitrogen and oxygen atoms in total. The summed E-state index contributed by atoms with van der Waals surface area (Å²) in [5, 5.41) is 3.16. The molecule has 2 heterocycles. The average molecular weight is 489 g/mol. The van der Waals surface area contributed by atoms with Gasteiger partial charge in [0.15, 0.2) is 5.13 Å². The Balaban J connectivity index is 1.60. The Morgan fingerprint density at radius 3 is 2.58 bits per heavy atom. The number of hydrogen-bond acceptors (Lipinski definition) is 6. The number of sulfonamides is 1. The first-order chi connectivity index (χ1) is 15.6. The number of hydrogen-bond donors (Lipinski definition) is 2. The Labute approximate surface area is 197 Å². The second kappa shape index (κ2) is 8.18. The van der Waals surface area contributed by atoms with Gasteiger partial charge in [0.2, 0.25) is 15.9 Å². The first-order valence-corrected chi connectivity index (χ1v) is 13.7. The lowest BCUT2D eigenvalue weighted by atomic mass is 9.94. The third kappa shape index (κ3) is 4.20. The highest BCUT2D eigenvalue weighted by Crippen LogP contribution is 2.42. The molecule has 176 valence electrons. The van der Waals surface area contributed by atoms with Crippen molar-refractivity contribution in [3.8, 4) is 10.4 Å². The van der Waals surface area contributed by atoms with Crippen LogP contribution in [-0.4, -0.2) is 42.2 Å². The molecule has 0 radical (unpaired) electrons. The number of aromatic nitrogens is 1. The molecule has 2 saturated carbocycles. The number of benzene rings is 1. The molecule has 2 aliphatic carbocycles. The van der Waals surface area contributed by atoms with Gasteiger partial charge in [0.25, 0.3) is 5.91 Å². The zero-order chi connectivity index (χ0) is 23.5. The summed E-state index contributed by atoms with van der Waals surface area (Å²) < 4.78 is 29.7. The predicted molar refractivity (Wildman–Crippen MR) is 127 cm³/mol. The molecular formula is C23H28N4O4S2. The minimum Gasteiger partial charge on any atom is -0.331 e. The summed E-state index contributed by atoms with van der Waals surface area (Å²) in [6, 6.07) is 3.51. The van der Waals surface area contributed by atoms with Crippen LogP contribution in [0, 0.1) is 12.8 Å². The van der Waals surface area contributed by atoms with Gasteiger partial charge in [0, 0.05) is 25.6 Å². The predicted octanol–water partition coefficient (Wildman–Crippen LogP) is 3.66. The Morgan fingerprint density at radius 2 is 1.97 bits per heavy atom. The molecule has 1 aliphatic heterocycles. The second-order valence-corrected chi connectivity index (χ2v) is 12.1. The van der Waals surface area contributed by atoms with Crippen molar-refractivity contribution in [1.29, 1.82) is 0 Å². The van der Waals surface area contributed by atoms with E-state index >= 15 is 0 Å². The molecule has 0 saturated heterocycles. The fourth-order valence-corrected chi connectivity index (χ4v) is 7.19. The quantitative estimate of drug-likeness (QED) is 0.618. The molecule has 0 spiro atoms. The van der Waals surface area contributed by atoms with E-state index in [2.05, 4.69) is 21.9 Å². The number of rotatable bonds is 7. The van der Waals surface area contributed by atoms with E-state index < -0.39 is 10.0 Å². The van der Waals surface area contributed by atoms with Crippen LogP contribution in [0.5, 0.6) is 0 Å². The molecular weight excluding hydrogens is 460 g/mol. The highest BCUT2D eigenvalue weighted by atomic mass is 32.2. The molecule has 2 aromatic rings. The van der Waals surface area contributed by atoms with Gasteiger partial charge >= 0.3 is 0 Å². The second-order valence-electron chi connectivity index (χ2n) is 9.38. The summed E-state index contributed by atoms with van der Waals surface area (Å²) in [5.74, 6) is 0.0669. The topological polar surface area (TPSA) is 108 Å². The molecule has 1 atom stereocenters. The van der Waals surface area contributed by atoms with Gasteiger partial charge in [0.1, 0.15) is 0 Å². The highest BCUT2D eigenvalue weighted by Gasteiger charge is 2.42. The van der Waals surface area contributed by atoms with Crippen LogP contribution in [-0.2, 0) is 21.4 Å². The fourth-order valence-electron chi connectivity index (χ4n) is 4.62. The van der Waals surface area contributed by atoms with Crippen LogP contribution in [0.25, 0.3) is 10.4 Å². The van der Waals surface area contributed by atoms with Gasteiger partial charge in [-0.2, -0.15) is 0 Å². The molecule has 0 bridgehead atoms. The van der Waals surface area contributed by atoms with Crippen molar-refractivity contribution in [1.82, 2.24) is 14.6 Å². The van der Waals surface area contributed by atoms with Crippen LogP contribution in [0.1, 0.15) is 67.6 Å². The fraction of sp³-hybridized carbons (Fsp3) is 0.522. The number of aryl methyl sites for hydroxylation is 1.